The smallest absolute Gasteiger partial charge is 0.407 e. The van der Waals surface area contributed by atoms with Crippen molar-refractivity contribution in [3.05, 3.63) is 28.5 Å². The van der Waals surface area contributed by atoms with Crippen LogP contribution in [0.15, 0.2) is 25.9 Å². The van der Waals surface area contributed by atoms with Crippen LogP contribution in [0.25, 0.3) is 0 Å². The van der Waals surface area contributed by atoms with Gasteiger partial charge in [-0.3, -0.25) is 4.79 Å². The van der Waals surface area contributed by atoms with Crippen LogP contribution < -0.4 is 10.6 Å². The lowest BCUT2D eigenvalue weighted by Gasteiger charge is -2.28. The molecule has 0 aromatic heterocycles. The van der Waals surface area contributed by atoms with Gasteiger partial charge in [-0.05, 0) is 86.5 Å². The molecule has 1 amide bonds. The predicted molar refractivity (Wildman–Crippen MR) is 124 cm³/mol. The average Bonchev–Trinajstić information content (AvgIpc) is 2.66. The number of halogens is 3. The molecule has 0 radical (unpaired) electrons. The fraction of sp³-hybridized carbons (Fsp3) is 0.550. The van der Waals surface area contributed by atoms with Crippen molar-refractivity contribution < 1.29 is 18.7 Å². The van der Waals surface area contributed by atoms with Crippen molar-refractivity contribution in [3.8, 4) is 0 Å². The first kappa shape index (κ1) is 24.0. The van der Waals surface area contributed by atoms with E-state index in [1.807, 2.05) is 20.8 Å². The van der Waals surface area contributed by atoms with Crippen molar-refractivity contribution in [1.29, 1.82) is 0 Å². The Morgan fingerprint density at radius 1 is 1.28 bits per heavy atom. The van der Waals surface area contributed by atoms with Gasteiger partial charge in [-0.1, -0.05) is 0 Å². The summed E-state index contributed by atoms with van der Waals surface area (Å²) in [6, 6.07) is 4.46. The van der Waals surface area contributed by atoms with Gasteiger partial charge in [0.2, 0.25) is 5.78 Å². The minimum absolute atomic E-state index is 0.0431. The molecular formula is C20H26BrFIN3O3. The molecule has 0 bridgehead atoms. The molecule has 1 fully saturated rings. The maximum Gasteiger partial charge on any atom is 0.407 e. The highest BCUT2D eigenvalue weighted by molar-refractivity contribution is 14.1. The number of alkyl carbamates (subject to hydrolysis) is 1. The minimum Gasteiger partial charge on any atom is -0.444 e. The summed E-state index contributed by atoms with van der Waals surface area (Å²) in [4.78, 5) is 24.6. The number of benzene rings is 1. The Bertz CT molecular complexity index is 775. The molecule has 1 aromatic carbocycles. The van der Waals surface area contributed by atoms with E-state index in [0.717, 1.165) is 25.7 Å². The van der Waals surface area contributed by atoms with E-state index < -0.39 is 11.7 Å². The van der Waals surface area contributed by atoms with Gasteiger partial charge in [-0.2, -0.15) is 3.21 Å². The van der Waals surface area contributed by atoms with Gasteiger partial charge in [0.15, 0.2) is 5.84 Å². The van der Waals surface area contributed by atoms with E-state index in [9.17, 15) is 14.0 Å². The molecule has 0 aliphatic heterocycles. The van der Waals surface area contributed by atoms with Crippen molar-refractivity contribution in [1.82, 2.24) is 5.32 Å². The van der Waals surface area contributed by atoms with Gasteiger partial charge < -0.3 is 15.4 Å². The van der Waals surface area contributed by atoms with Crippen LogP contribution in [0.1, 0.15) is 46.5 Å². The number of ketones is 1. The number of hydrogen-bond acceptors (Lipinski definition) is 4. The lowest BCUT2D eigenvalue weighted by Crippen LogP contribution is -2.37. The summed E-state index contributed by atoms with van der Waals surface area (Å²) in [5.41, 5.74) is 0.0773. The molecule has 6 nitrogen and oxygen atoms in total. The van der Waals surface area contributed by atoms with Crippen LogP contribution in [-0.2, 0) is 9.53 Å². The molecule has 0 spiro atoms. The molecule has 1 aliphatic rings. The highest BCUT2D eigenvalue weighted by atomic mass is 127. The van der Waals surface area contributed by atoms with E-state index >= 15 is 0 Å². The fourth-order valence-corrected chi connectivity index (χ4v) is 3.94. The second kappa shape index (κ2) is 10.7. The summed E-state index contributed by atoms with van der Waals surface area (Å²) in [5, 5.41) is 5.80. The number of nitrogens with one attached hydrogen (secondary N) is 2. The fourth-order valence-electron chi connectivity index (χ4n) is 3.20. The summed E-state index contributed by atoms with van der Waals surface area (Å²) in [5.74, 6) is 0.0660. The third-order valence-corrected chi connectivity index (χ3v) is 5.74. The Morgan fingerprint density at radius 3 is 2.48 bits per heavy atom. The van der Waals surface area contributed by atoms with Gasteiger partial charge in [-0.25, -0.2) is 9.18 Å². The van der Waals surface area contributed by atoms with E-state index in [2.05, 4.69) is 29.8 Å². The standard InChI is InChI=1S/C20H26BrFIN3O3/c1-20(2,3)29-19(28)24-11-12-4-6-13(7-5-12)17(27)18(26-23)25-14-8-9-16(22)15(21)10-14/h8-10,12-13H,4-7,11H2,1-3H3,(H,24,28)(H,25,26)/t12-,13-. The van der Waals surface area contributed by atoms with Crippen LogP contribution in [0.4, 0.5) is 14.9 Å². The van der Waals surface area contributed by atoms with Gasteiger partial charge in [-0.15, -0.1) is 0 Å². The SMILES string of the molecule is CC(C)(C)OC(=O)NC[C@H]1CC[C@H](C(=O)/C(=N/I)Nc2ccc(F)c(Br)c2)CC1. The van der Waals surface area contributed by atoms with Crippen LogP contribution in [0, 0.1) is 17.7 Å². The number of anilines is 1. The Hall–Kier alpha value is -1.23. The quantitative estimate of drug-likeness (QED) is 0.268. The number of amidine groups is 1. The third-order valence-electron chi connectivity index (χ3n) is 4.65. The minimum atomic E-state index is -0.517. The number of amides is 1. The van der Waals surface area contributed by atoms with E-state index in [-0.39, 0.29) is 23.4 Å². The number of carbonyl (C=O) groups is 2. The van der Waals surface area contributed by atoms with Crippen molar-refractivity contribution >= 4 is 62.2 Å². The largest absolute Gasteiger partial charge is 0.444 e. The summed E-state index contributed by atoms with van der Waals surface area (Å²) >= 11 is 4.93. The monoisotopic (exact) mass is 581 g/mol. The normalized spacial score (nSPS) is 20.1. The predicted octanol–water partition coefficient (Wildman–Crippen LogP) is 5.65. The first-order valence-electron chi connectivity index (χ1n) is 9.51. The Kier molecular flexibility index (Phi) is 8.87. The number of rotatable bonds is 5. The molecule has 2 rings (SSSR count). The van der Waals surface area contributed by atoms with E-state index in [0.29, 0.717) is 22.6 Å². The molecule has 1 saturated carbocycles. The summed E-state index contributed by atoms with van der Waals surface area (Å²) in [7, 11) is 0. The highest BCUT2D eigenvalue weighted by Gasteiger charge is 2.29. The van der Waals surface area contributed by atoms with E-state index in [1.165, 1.54) is 6.07 Å². The molecule has 9 heteroatoms. The maximum absolute atomic E-state index is 13.4. The average molecular weight is 582 g/mol. The molecule has 0 saturated heterocycles. The van der Waals surface area contributed by atoms with Crippen LogP contribution in [-0.4, -0.2) is 29.9 Å². The van der Waals surface area contributed by atoms with Crippen LogP contribution >= 0.6 is 38.8 Å². The first-order valence-corrected chi connectivity index (χ1v) is 11.3. The Balaban J connectivity index is 1.83. The highest BCUT2D eigenvalue weighted by Crippen LogP contribution is 2.30. The zero-order valence-corrected chi connectivity index (χ0v) is 20.5. The molecule has 0 atom stereocenters. The molecule has 1 aromatic rings. The van der Waals surface area contributed by atoms with E-state index in [1.54, 1.807) is 35.0 Å². The lowest BCUT2D eigenvalue weighted by molar-refractivity contribution is -0.117. The Morgan fingerprint density at radius 2 is 1.93 bits per heavy atom. The van der Waals surface area contributed by atoms with Gasteiger partial charge >= 0.3 is 6.09 Å². The molecule has 1 aliphatic carbocycles. The van der Waals surface area contributed by atoms with E-state index in [4.69, 9.17) is 4.74 Å². The van der Waals surface area contributed by atoms with Crippen LogP contribution in [0.3, 0.4) is 0 Å². The van der Waals surface area contributed by atoms with Crippen molar-refractivity contribution in [2.24, 2.45) is 15.0 Å². The molecule has 2 N–H and O–H groups in total. The number of nitrogens with zero attached hydrogens (tertiary/aromatic N) is 1. The number of carbonyl (C=O) groups excluding carboxylic acids is 2. The summed E-state index contributed by atoms with van der Waals surface area (Å²) in [6.07, 6.45) is 2.77. The van der Waals surface area contributed by atoms with Crippen LogP contribution in [0.5, 0.6) is 0 Å². The Labute approximate surface area is 193 Å². The topological polar surface area (TPSA) is 79.8 Å². The molecule has 0 heterocycles. The maximum atomic E-state index is 13.4. The third kappa shape index (κ3) is 7.84. The second-order valence-electron chi connectivity index (χ2n) is 8.15. The van der Waals surface area contributed by atoms with Crippen molar-refractivity contribution in [2.75, 3.05) is 11.9 Å². The van der Waals surface area contributed by atoms with Gasteiger partial charge in [0.1, 0.15) is 11.4 Å². The first-order chi connectivity index (χ1) is 13.6. The zero-order valence-electron chi connectivity index (χ0n) is 16.7. The van der Waals surface area contributed by atoms with Gasteiger partial charge in [0.05, 0.1) is 27.3 Å². The van der Waals surface area contributed by atoms with Crippen LogP contribution in [0.2, 0.25) is 0 Å². The summed E-state index contributed by atoms with van der Waals surface area (Å²) < 4.78 is 23.0. The number of ether oxygens (including phenoxy) is 1. The van der Waals surface area contributed by atoms with Gasteiger partial charge in [0.25, 0.3) is 0 Å². The number of hydrogen-bond donors (Lipinski definition) is 2. The second-order valence-corrected chi connectivity index (χ2v) is 9.49. The zero-order chi connectivity index (χ0) is 21.6. The van der Waals surface area contributed by atoms with Crippen molar-refractivity contribution in [2.45, 2.75) is 52.1 Å². The number of Topliss-reactive ketones (excluding diaryl/α,β-unsaturated/α-hetero) is 1. The molecule has 160 valence electrons. The molecule has 29 heavy (non-hydrogen) atoms. The molecular weight excluding hydrogens is 556 g/mol. The molecule has 0 unspecified atom stereocenters. The van der Waals surface area contributed by atoms with Crippen molar-refractivity contribution in [3.63, 3.8) is 0 Å². The lowest BCUT2D eigenvalue weighted by atomic mass is 9.79. The van der Waals surface area contributed by atoms with Gasteiger partial charge in [0, 0.05) is 18.2 Å². The summed E-state index contributed by atoms with van der Waals surface area (Å²) in [6.45, 7) is 6.03.